The van der Waals surface area contributed by atoms with Crippen LogP contribution < -0.4 is 14.8 Å². The van der Waals surface area contributed by atoms with Crippen LogP contribution in [0.25, 0.3) is 0 Å². The maximum atomic E-state index is 13.7. The van der Waals surface area contributed by atoms with Crippen LogP contribution in [0.1, 0.15) is 37.3 Å². The molecule has 0 aliphatic rings. The van der Waals surface area contributed by atoms with Gasteiger partial charge in [0.2, 0.25) is 0 Å². The highest BCUT2D eigenvalue weighted by atomic mass is 79.9. The zero-order valence-corrected chi connectivity index (χ0v) is 16.4. The van der Waals surface area contributed by atoms with E-state index in [4.69, 9.17) is 9.47 Å². The molecule has 0 radical (unpaired) electrons. The number of halogens is 2. The average molecular weight is 410 g/mol. The van der Waals surface area contributed by atoms with Gasteiger partial charge in [-0.2, -0.15) is 0 Å². The minimum Gasteiger partial charge on any atom is -0.493 e. The summed E-state index contributed by atoms with van der Waals surface area (Å²) >= 11 is 3.58. The van der Waals surface area contributed by atoms with Crippen LogP contribution in [0.2, 0.25) is 0 Å². The fourth-order valence-electron chi connectivity index (χ4n) is 2.48. The van der Waals surface area contributed by atoms with Crippen molar-refractivity contribution in [2.45, 2.75) is 39.3 Å². The van der Waals surface area contributed by atoms with Gasteiger partial charge in [-0.3, -0.25) is 0 Å². The molecule has 0 unspecified atom stereocenters. The number of unbranched alkanes of at least 4 members (excludes halogenated alkanes) is 2. The normalized spacial score (nSPS) is 10.7. The predicted molar refractivity (Wildman–Crippen MR) is 103 cm³/mol. The fraction of sp³-hybridized carbons (Fsp3) is 0.400. The third-order valence-corrected chi connectivity index (χ3v) is 4.68. The SMILES string of the molecule is CCCCCNCc1cc(OC)c(OCc2ccccc2F)cc1Br. The van der Waals surface area contributed by atoms with Crippen molar-refractivity contribution in [1.82, 2.24) is 5.32 Å². The van der Waals surface area contributed by atoms with E-state index in [-0.39, 0.29) is 12.4 Å². The topological polar surface area (TPSA) is 30.5 Å². The van der Waals surface area contributed by atoms with Gasteiger partial charge in [-0.05, 0) is 36.7 Å². The molecular formula is C20H25BrFNO2. The second-order valence-corrected chi connectivity index (χ2v) is 6.71. The quantitative estimate of drug-likeness (QED) is 0.528. The Morgan fingerprint density at radius 3 is 2.60 bits per heavy atom. The van der Waals surface area contributed by atoms with Crippen molar-refractivity contribution in [3.8, 4) is 11.5 Å². The molecule has 5 heteroatoms. The van der Waals surface area contributed by atoms with Crippen molar-refractivity contribution in [3.63, 3.8) is 0 Å². The minimum absolute atomic E-state index is 0.157. The van der Waals surface area contributed by atoms with E-state index in [1.54, 1.807) is 25.3 Å². The summed E-state index contributed by atoms with van der Waals surface area (Å²) < 4.78 is 25.9. The third-order valence-electron chi connectivity index (χ3n) is 3.95. The molecule has 0 fully saturated rings. The fourth-order valence-corrected chi connectivity index (χ4v) is 2.94. The van der Waals surface area contributed by atoms with Crippen molar-refractivity contribution >= 4 is 15.9 Å². The van der Waals surface area contributed by atoms with Crippen LogP contribution in [0.5, 0.6) is 11.5 Å². The molecule has 0 saturated carbocycles. The standard InChI is InChI=1S/C20H25BrFNO2/c1-3-4-7-10-23-13-16-11-19(24-2)20(12-17(16)21)25-14-15-8-5-6-9-18(15)22/h5-6,8-9,11-12,23H,3-4,7,10,13-14H2,1-2H3. The van der Waals surface area contributed by atoms with Gasteiger partial charge in [-0.1, -0.05) is 53.9 Å². The molecular weight excluding hydrogens is 385 g/mol. The molecule has 0 heterocycles. The summed E-state index contributed by atoms with van der Waals surface area (Å²) in [7, 11) is 1.61. The van der Waals surface area contributed by atoms with Crippen molar-refractivity contribution in [2.75, 3.05) is 13.7 Å². The van der Waals surface area contributed by atoms with Crippen molar-refractivity contribution in [2.24, 2.45) is 0 Å². The van der Waals surface area contributed by atoms with E-state index in [1.165, 1.54) is 25.3 Å². The van der Waals surface area contributed by atoms with E-state index in [9.17, 15) is 4.39 Å². The molecule has 1 N–H and O–H groups in total. The monoisotopic (exact) mass is 409 g/mol. The first-order chi connectivity index (χ1) is 12.2. The molecule has 0 aliphatic carbocycles. The molecule has 0 aliphatic heterocycles. The van der Waals surface area contributed by atoms with Gasteiger partial charge in [0.15, 0.2) is 11.5 Å². The Morgan fingerprint density at radius 1 is 1.08 bits per heavy atom. The Morgan fingerprint density at radius 2 is 1.88 bits per heavy atom. The lowest BCUT2D eigenvalue weighted by Crippen LogP contribution is -2.15. The average Bonchev–Trinajstić information content (AvgIpc) is 2.62. The molecule has 2 aromatic carbocycles. The van der Waals surface area contributed by atoms with Gasteiger partial charge >= 0.3 is 0 Å². The van der Waals surface area contributed by atoms with Gasteiger partial charge in [-0.15, -0.1) is 0 Å². The Labute approximate surface area is 157 Å². The maximum absolute atomic E-state index is 13.7. The number of rotatable bonds is 10. The highest BCUT2D eigenvalue weighted by Gasteiger charge is 2.11. The molecule has 0 bridgehead atoms. The second-order valence-electron chi connectivity index (χ2n) is 5.86. The summed E-state index contributed by atoms with van der Waals surface area (Å²) in [5.74, 6) is 0.964. The van der Waals surface area contributed by atoms with Crippen LogP contribution in [-0.2, 0) is 13.2 Å². The maximum Gasteiger partial charge on any atom is 0.162 e. The van der Waals surface area contributed by atoms with Gasteiger partial charge in [0.1, 0.15) is 12.4 Å². The van der Waals surface area contributed by atoms with E-state index in [0.29, 0.717) is 17.1 Å². The molecule has 25 heavy (non-hydrogen) atoms. The number of ether oxygens (including phenoxy) is 2. The summed E-state index contributed by atoms with van der Waals surface area (Å²) in [6.07, 6.45) is 3.63. The Kier molecular flexibility index (Phi) is 8.22. The molecule has 2 rings (SSSR count). The number of methoxy groups -OCH3 is 1. The lowest BCUT2D eigenvalue weighted by Gasteiger charge is -2.15. The highest BCUT2D eigenvalue weighted by Crippen LogP contribution is 2.34. The summed E-state index contributed by atoms with van der Waals surface area (Å²) in [5.41, 5.74) is 1.62. The Hall–Kier alpha value is -1.59. The van der Waals surface area contributed by atoms with Crippen LogP contribution in [0, 0.1) is 5.82 Å². The smallest absolute Gasteiger partial charge is 0.162 e. The van der Waals surface area contributed by atoms with Crippen LogP contribution >= 0.6 is 15.9 Å². The zero-order chi connectivity index (χ0) is 18.1. The first-order valence-corrected chi connectivity index (χ1v) is 9.38. The van der Waals surface area contributed by atoms with Crippen LogP contribution in [-0.4, -0.2) is 13.7 Å². The van der Waals surface area contributed by atoms with Crippen LogP contribution in [0.3, 0.4) is 0 Å². The summed E-state index contributed by atoms with van der Waals surface area (Å²) in [4.78, 5) is 0. The molecule has 136 valence electrons. The van der Waals surface area contributed by atoms with Gasteiger partial charge in [0.25, 0.3) is 0 Å². The third kappa shape index (κ3) is 6.01. The van der Waals surface area contributed by atoms with Crippen molar-refractivity contribution < 1.29 is 13.9 Å². The number of hydrogen-bond donors (Lipinski definition) is 1. The van der Waals surface area contributed by atoms with Crippen LogP contribution in [0.4, 0.5) is 4.39 Å². The number of hydrogen-bond acceptors (Lipinski definition) is 3. The largest absolute Gasteiger partial charge is 0.493 e. The molecule has 2 aromatic rings. The molecule has 0 amide bonds. The summed E-state index contributed by atoms with van der Waals surface area (Å²) in [6.45, 7) is 4.11. The van der Waals surface area contributed by atoms with E-state index in [1.807, 2.05) is 12.1 Å². The molecule has 0 atom stereocenters. The molecule has 3 nitrogen and oxygen atoms in total. The molecule has 0 saturated heterocycles. The minimum atomic E-state index is -0.270. The van der Waals surface area contributed by atoms with Gasteiger partial charge in [-0.25, -0.2) is 4.39 Å². The van der Waals surface area contributed by atoms with E-state index >= 15 is 0 Å². The lowest BCUT2D eigenvalue weighted by molar-refractivity contribution is 0.279. The van der Waals surface area contributed by atoms with Crippen LogP contribution in [0.15, 0.2) is 40.9 Å². The van der Waals surface area contributed by atoms with Gasteiger partial charge < -0.3 is 14.8 Å². The van der Waals surface area contributed by atoms with Gasteiger partial charge in [0.05, 0.1) is 7.11 Å². The van der Waals surface area contributed by atoms with E-state index in [2.05, 4.69) is 28.2 Å². The van der Waals surface area contributed by atoms with Crippen molar-refractivity contribution in [1.29, 1.82) is 0 Å². The summed E-state index contributed by atoms with van der Waals surface area (Å²) in [6, 6.07) is 10.4. The number of benzene rings is 2. The second kappa shape index (κ2) is 10.4. The number of nitrogens with one attached hydrogen (secondary N) is 1. The highest BCUT2D eigenvalue weighted by molar-refractivity contribution is 9.10. The van der Waals surface area contributed by atoms with Gasteiger partial charge in [0, 0.05) is 16.6 Å². The summed E-state index contributed by atoms with van der Waals surface area (Å²) in [5, 5.41) is 3.44. The first-order valence-electron chi connectivity index (χ1n) is 8.59. The zero-order valence-electron chi connectivity index (χ0n) is 14.8. The van der Waals surface area contributed by atoms with E-state index < -0.39 is 0 Å². The Balaban J connectivity index is 2.01. The first kappa shape index (κ1) is 19.7. The molecule has 0 spiro atoms. The molecule has 0 aromatic heterocycles. The Bertz CT molecular complexity index is 679. The van der Waals surface area contributed by atoms with Crippen molar-refractivity contribution in [3.05, 3.63) is 57.8 Å². The van der Waals surface area contributed by atoms with E-state index in [0.717, 1.165) is 23.1 Å². The predicted octanol–water partition coefficient (Wildman–Crippen LogP) is 5.46. The lowest BCUT2D eigenvalue weighted by atomic mass is 10.2.